The molecule has 0 aliphatic carbocycles. The standard InChI is InChI=1S/C16H22N4O3S/c1-14-5-7-15(8-6-14)24(21,22)19-16(4-2-3-9-18-17)20-10-12-23-13-11-20/h5-9H,2-4,10-13H2,1H3/b19-16-. The minimum absolute atomic E-state index is 0.191. The van der Waals surface area contributed by atoms with Crippen molar-refractivity contribution in [1.82, 2.24) is 4.90 Å². The van der Waals surface area contributed by atoms with Crippen LogP contribution in [0.25, 0.3) is 5.53 Å². The summed E-state index contributed by atoms with van der Waals surface area (Å²) < 4.78 is 34.5. The number of sulfonamides is 1. The summed E-state index contributed by atoms with van der Waals surface area (Å²) in [7, 11) is -3.75. The number of morpholine rings is 1. The maximum Gasteiger partial charge on any atom is 0.283 e. The fourth-order valence-corrected chi connectivity index (χ4v) is 3.46. The molecule has 1 fully saturated rings. The normalized spacial score (nSPS) is 15.9. The third-order valence-corrected chi connectivity index (χ3v) is 5.05. The Hall–Kier alpha value is -2.02. The Balaban J connectivity index is 2.23. The van der Waals surface area contributed by atoms with Gasteiger partial charge < -0.3 is 15.2 Å². The summed E-state index contributed by atoms with van der Waals surface area (Å²) in [6, 6.07) is 6.66. The predicted molar refractivity (Wildman–Crippen MR) is 91.7 cm³/mol. The molecule has 0 bridgehead atoms. The maximum absolute atomic E-state index is 12.6. The third kappa shape index (κ3) is 5.26. The zero-order valence-corrected chi connectivity index (χ0v) is 14.6. The Kier molecular flexibility index (Phi) is 6.66. The number of unbranched alkanes of at least 4 members (excludes halogenated alkanes) is 1. The van der Waals surface area contributed by atoms with Crippen molar-refractivity contribution < 1.29 is 17.9 Å². The summed E-state index contributed by atoms with van der Waals surface area (Å²) in [4.78, 5) is 5.10. The fourth-order valence-electron chi connectivity index (χ4n) is 2.39. The lowest BCUT2D eigenvalue weighted by atomic mass is 10.2. The lowest BCUT2D eigenvalue weighted by Crippen LogP contribution is -2.41. The van der Waals surface area contributed by atoms with Gasteiger partial charge in [0, 0.05) is 25.9 Å². The summed E-state index contributed by atoms with van der Waals surface area (Å²) in [5, 5.41) is 0. The van der Waals surface area contributed by atoms with Gasteiger partial charge in [-0.3, -0.25) is 0 Å². The van der Waals surface area contributed by atoms with Crippen molar-refractivity contribution in [2.45, 2.75) is 31.1 Å². The second kappa shape index (κ2) is 8.73. The Labute approximate surface area is 142 Å². The molecule has 8 heteroatoms. The first-order valence-corrected chi connectivity index (χ1v) is 9.36. The van der Waals surface area contributed by atoms with Gasteiger partial charge in [0.1, 0.15) is 5.84 Å². The highest BCUT2D eigenvalue weighted by atomic mass is 32.2. The topological polar surface area (TPSA) is 95.4 Å². The summed E-state index contributed by atoms with van der Waals surface area (Å²) >= 11 is 0. The Morgan fingerprint density at radius 2 is 2.00 bits per heavy atom. The monoisotopic (exact) mass is 350 g/mol. The lowest BCUT2D eigenvalue weighted by Gasteiger charge is -2.29. The van der Waals surface area contributed by atoms with Crippen LogP contribution in [0.3, 0.4) is 0 Å². The van der Waals surface area contributed by atoms with Gasteiger partial charge in [-0.2, -0.15) is 13.2 Å². The number of hydrogen-bond acceptors (Lipinski definition) is 3. The molecule has 7 nitrogen and oxygen atoms in total. The van der Waals surface area contributed by atoms with Gasteiger partial charge >= 0.3 is 0 Å². The molecule has 0 atom stereocenters. The van der Waals surface area contributed by atoms with Gasteiger partial charge in [-0.05, 0) is 25.5 Å². The SMILES string of the molecule is Cc1ccc(S(=O)(=O)/N=C(/CCCC=[N+]=[N-])N2CCOCC2)cc1. The number of ether oxygens (including phenoxy) is 1. The van der Waals surface area contributed by atoms with Crippen LogP contribution in [-0.4, -0.2) is 56.5 Å². The Morgan fingerprint density at radius 1 is 1.33 bits per heavy atom. The van der Waals surface area contributed by atoms with Crippen LogP contribution >= 0.6 is 0 Å². The van der Waals surface area contributed by atoms with Gasteiger partial charge in [0.2, 0.25) is 0 Å². The number of rotatable bonds is 6. The van der Waals surface area contributed by atoms with E-state index in [1.807, 2.05) is 11.8 Å². The van der Waals surface area contributed by atoms with Crippen molar-refractivity contribution in [3.05, 3.63) is 35.4 Å². The van der Waals surface area contributed by atoms with Crippen LogP contribution in [0.2, 0.25) is 0 Å². The van der Waals surface area contributed by atoms with Crippen LogP contribution in [-0.2, 0) is 14.8 Å². The van der Waals surface area contributed by atoms with E-state index in [1.54, 1.807) is 24.3 Å². The quantitative estimate of drug-likeness (QED) is 0.257. The van der Waals surface area contributed by atoms with Crippen molar-refractivity contribution in [3.8, 4) is 0 Å². The first kappa shape index (κ1) is 18.3. The fraction of sp³-hybridized carbons (Fsp3) is 0.500. The van der Waals surface area contributed by atoms with Gasteiger partial charge in [0.15, 0.2) is 0 Å². The molecule has 2 rings (SSSR count). The molecule has 1 aromatic carbocycles. The summed E-state index contributed by atoms with van der Waals surface area (Å²) in [6.07, 6.45) is 3.11. The van der Waals surface area contributed by atoms with E-state index in [0.717, 1.165) is 5.56 Å². The number of hydrogen-bond donors (Lipinski definition) is 0. The highest BCUT2D eigenvalue weighted by molar-refractivity contribution is 7.90. The second-order valence-corrected chi connectivity index (χ2v) is 7.19. The molecule has 0 radical (unpaired) electrons. The van der Waals surface area contributed by atoms with Crippen LogP contribution < -0.4 is 0 Å². The van der Waals surface area contributed by atoms with Crippen LogP contribution in [0.1, 0.15) is 24.8 Å². The summed E-state index contributed by atoms with van der Waals surface area (Å²) in [5.41, 5.74) is 9.45. The maximum atomic E-state index is 12.6. The van der Waals surface area contributed by atoms with Gasteiger partial charge in [0.05, 0.1) is 18.1 Å². The molecule has 0 amide bonds. The van der Waals surface area contributed by atoms with E-state index < -0.39 is 10.0 Å². The van der Waals surface area contributed by atoms with Gasteiger partial charge in [-0.1, -0.05) is 17.7 Å². The smallest absolute Gasteiger partial charge is 0.283 e. The molecule has 1 heterocycles. The molecule has 0 N–H and O–H groups in total. The minimum Gasteiger partial charge on any atom is -0.378 e. The average molecular weight is 350 g/mol. The zero-order valence-electron chi connectivity index (χ0n) is 13.8. The van der Waals surface area contributed by atoms with E-state index in [-0.39, 0.29) is 4.90 Å². The van der Waals surface area contributed by atoms with Gasteiger partial charge in [-0.15, -0.1) is 4.40 Å². The number of aryl methyl sites for hydroxylation is 1. The Morgan fingerprint density at radius 3 is 2.62 bits per heavy atom. The molecular formula is C16H22N4O3S. The summed E-state index contributed by atoms with van der Waals surface area (Å²) in [5.74, 6) is 0.533. The van der Waals surface area contributed by atoms with Crippen molar-refractivity contribution in [3.63, 3.8) is 0 Å². The highest BCUT2D eigenvalue weighted by Crippen LogP contribution is 2.16. The van der Waals surface area contributed by atoms with Crippen LogP contribution in [0, 0.1) is 6.92 Å². The minimum atomic E-state index is -3.75. The van der Waals surface area contributed by atoms with E-state index in [0.29, 0.717) is 51.4 Å². The van der Waals surface area contributed by atoms with E-state index in [9.17, 15) is 8.42 Å². The van der Waals surface area contributed by atoms with Crippen LogP contribution in [0.5, 0.6) is 0 Å². The van der Waals surface area contributed by atoms with Crippen LogP contribution in [0.15, 0.2) is 33.6 Å². The number of nitrogens with zero attached hydrogens (tertiary/aromatic N) is 4. The van der Waals surface area contributed by atoms with Gasteiger partial charge in [0.25, 0.3) is 16.2 Å². The molecule has 1 aliphatic rings. The highest BCUT2D eigenvalue weighted by Gasteiger charge is 2.20. The third-order valence-electron chi connectivity index (χ3n) is 3.74. The van der Waals surface area contributed by atoms with Crippen molar-refractivity contribution in [1.29, 1.82) is 0 Å². The first-order chi connectivity index (χ1) is 11.5. The van der Waals surface area contributed by atoms with E-state index in [4.69, 9.17) is 10.3 Å². The van der Waals surface area contributed by atoms with Gasteiger partial charge in [-0.25, -0.2) is 0 Å². The van der Waals surface area contributed by atoms with E-state index >= 15 is 0 Å². The van der Waals surface area contributed by atoms with E-state index in [1.165, 1.54) is 6.21 Å². The van der Waals surface area contributed by atoms with E-state index in [2.05, 4.69) is 9.19 Å². The molecule has 1 aromatic rings. The van der Waals surface area contributed by atoms with Crippen molar-refractivity contribution >= 4 is 22.1 Å². The first-order valence-electron chi connectivity index (χ1n) is 7.92. The molecule has 130 valence electrons. The predicted octanol–water partition coefficient (Wildman–Crippen LogP) is 1.89. The number of benzene rings is 1. The molecule has 0 spiro atoms. The molecule has 24 heavy (non-hydrogen) atoms. The second-order valence-electron chi connectivity index (χ2n) is 5.59. The molecule has 1 saturated heterocycles. The van der Waals surface area contributed by atoms with Crippen molar-refractivity contribution in [2.75, 3.05) is 26.3 Å². The molecule has 1 aliphatic heterocycles. The molecule has 0 saturated carbocycles. The Bertz CT molecular complexity index is 716. The summed E-state index contributed by atoms with van der Waals surface area (Å²) in [6.45, 7) is 4.26. The average Bonchev–Trinajstić information content (AvgIpc) is 2.59. The molecule has 0 unspecified atom stereocenters. The molecular weight excluding hydrogens is 328 g/mol. The zero-order chi connectivity index (χ0) is 17.4. The number of amidine groups is 1. The van der Waals surface area contributed by atoms with Crippen LogP contribution in [0.4, 0.5) is 0 Å². The molecule has 0 aromatic heterocycles. The largest absolute Gasteiger partial charge is 0.378 e. The lowest BCUT2D eigenvalue weighted by molar-refractivity contribution is 0.000791. The van der Waals surface area contributed by atoms with Crippen molar-refractivity contribution in [2.24, 2.45) is 4.40 Å².